The highest BCUT2D eigenvalue weighted by Gasteiger charge is 2.12. The Kier molecular flexibility index (Phi) is 6.89. The molecule has 1 aliphatic carbocycles. The molecule has 0 unspecified atom stereocenters. The molecule has 3 nitrogen and oxygen atoms in total. The molecule has 0 heterocycles. The molecule has 2 rings (SSSR count). The maximum atomic E-state index is 12.8. The van der Waals surface area contributed by atoms with Gasteiger partial charge >= 0.3 is 0 Å². The fourth-order valence-electron chi connectivity index (χ4n) is 2.46. The number of rotatable bonds is 6. The Morgan fingerprint density at radius 3 is 2.62 bits per heavy atom. The summed E-state index contributed by atoms with van der Waals surface area (Å²) < 4.78 is 18.6. The van der Waals surface area contributed by atoms with Gasteiger partial charge in [-0.3, -0.25) is 0 Å². The van der Waals surface area contributed by atoms with Crippen LogP contribution in [0.4, 0.5) is 10.1 Å². The first kappa shape index (κ1) is 16.2. The Labute approximate surface area is 131 Å². The summed E-state index contributed by atoms with van der Waals surface area (Å²) in [5.74, 6) is -0.251. The Morgan fingerprint density at radius 2 is 1.90 bits per heavy atom. The second-order valence-corrected chi connectivity index (χ2v) is 5.78. The molecular weight excluding hydrogens is 287 g/mol. The van der Waals surface area contributed by atoms with E-state index in [4.69, 9.17) is 17.0 Å². The molecule has 0 atom stereocenters. The van der Waals surface area contributed by atoms with E-state index in [2.05, 4.69) is 10.6 Å². The Bertz CT molecular complexity index is 432. The van der Waals surface area contributed by atoms with Gasteiger partial charge in [0, 0.05) is 18.8 Å². The van der Waals surface area contributed by atoms with Crippen LogP contribution in [0.5, 0.6) is 0 Å². The molecule has 0 amide bonds. The molecule has 116 valence electrons. The highest BCUT2D eigenvalue weighted by Crippen LogP contribution is 2.20. The lowest BCUT2D eigenvalue weighted by molar-refractivity contribution is 0.0277. The van der Waals surface area contributed by atoms with Gasteiger partial charge in [0.1, 0.15) is 5.82 Å². The van der Waals surface area contributed by atoms with Crippen LogP contribution in [0.15, 0.2) is 24.3 Å². The van der Waals surface area contributed by atoms with E-state index in [1.54, 1.807) is 12.1 Å². The number of anilines is 1. The number of ether oxygens (including phenoxy) is 1. The third-order valence-electron chi connectivity index (χ3n) is 3.61. The van der Waals surface area contributed by atoms with Crippen LogP contribution in [-0.4, -0.2) is 24.4 Å². The van der Waals surface area contributed by atoms with Crippen molar-refractivity contribution in [2.24, 2.45) is 0 Å². The predicted molar refractivity (Wildman–Crippen MR) is 88.1 cm³/mol. The van der Waals surface area contributed by atoms with E-state index in [0.717, 1.165) is 25.3 Å². The van der Waals surface area contributed by atoms with Gasteiger partial charge in [-0.2, -0.15) is 0 Å². The van der Waals surface area contributed by atoms with Crippen LogP contribution < -0.4 is 10.6 Å². The predicted octanol–water partition coefficient (Wildman–Crippen LogP) is 3.85. The van der Waals surface area contributed by atoms with Crippen LogP contribution >= 0.6 is 12.2 Å². The highest BCUT2D eigenvalue weighted by molar-refractivity contribution is 7.80. The van der Waals surface area contributed by atoms with Gasteiger partial charge in [-0.25, -0.2) is 4.39 Å². The zero-order valence-corrected chi connectivity index (χ0v) is 13.1. The number of hydrogen-bond donors (Lipinski definition) is 2. The van der Waals surface area contributed by atoms with Gasteiger partial charge in [-0.1, -0.05) is 19.3 Å². The second-order valence-electron chi connectivity index (χ2n) is 5.37. The summed E-state index contributed by atoms with van der Waals surface area (Å²) in [7, 11) is 0. The summed E-state index contributed by atoms with van der Waals surface area (Å²) in [4.78, 5) is 0. The van der Waals surface area contributed by atoms with Gasteiger partial charge in [0.2, 0.25) is 0 Å². The Morgan fingerprint density at radius 1 is 1.19 bits per heavy atom. The quantitative estimate of drug-likeness (QED) is 0.617. The molecule has 0 bridgehead atoms. The first-order valence-corrected chi connectivity index (χ1v) is 8.07. The fourth-order valence-corrected chi connectivity index (χ4v) is 2.68. The standard InChI is InChI=1S/C16H23FN2OS/c17-13-7-9-14(10-8-13)19-16(21)18-11-4-12-20-15-5-2-1-3-6-15/h7-10,15H,1-6,11-12H2,(H2,18,19,21). The van der Waals surface area contributed by atoms with E-state index >= 15 is 0 Å². The van der Waals surface area contributed by atoms with Crippen molar-refractivity contribution < 1.29 is 9.13 Å². The van der Waals surface area contributed by atoms with Crippen LogP contribution in [-0.2, 0) is 4.74 Å². The highest BCUT2D eigenvalue weighted by atomic mass is 32.1. The molecule has 0 radical (unpaired) electrons. The number of halogens is 1. The van der Waals surface area contributed by atoms with Gasteiger partial charge in [0.15, 0.2) is 5.11 Å². The third-order valence-corrected chi connectivity index (χ3v) is 3.86. The number of thiocarbonyl (C=S) groups is 1. The largest absolute Gasteiger partial charge is 0.378 e. The topological polar surface area (TPSA) is 33.3 Å². The van der Waals surface area contributed by atoms with Crippen molar-refractivity contribution in [3.8, 4) is 0 Å². The van der Waals surface area contributed by atoms with Crippen LogP contribution in [0.25, 0.3) is 0 Å². The first-order chi connectivity index (χ1) is 10.2. The molecule has 0 aliphatic heterocycles. The van der Waals surface area contributed by atoms with Crippen molar-refractivity contribution in [3.05, 3.63) is 30.1 Å². The molecule has 0 aromatic heterocycles. The summed E-state index contributed by atoms with van der Waals surface area (Å²) in [6, 6.07) is 6.14. The second kappa shape index (κ2) is 8.95. The molecular formula is C16H23FN2OS. The van der Waals surface area contributed by atoms with Crippen molar-refractivity contribution in [1.82, 2.24) is 5.32 Å². The molecule has 1 saturated carbocycles. The lowest BCUT2D eigenvalue weighted by atomic mass is 9.98. The summed E-state index contributed by atoms with van der Waals surface area (Å²) in [6.07, 6.45) is 7.76. The van der Waals surface area contributed by atoms with Gasteiger partial charge in [0.25, 0.3) is 0 Å². The molecule has 5 heteroatoms. The lowest BCUT2D eigenvalue weighted by Gasteiger charge is -2.22. The fraction of sp³-hybridized carbons (Fsp3) is 0.562. The molecule has 0 saturated heterocycles. The average Bonchev–Trinajstić information content (AvgIpc) is 2.50. The van der Waals surface area contributed by atoms with E-state index in [1.165, 1.54) is 44.2 Å². The summed E-state index contributed by atoms with van der Waals surface area (Å²) in [6.45, 7) is 1.55. The molecule has 2 N–H and O–H groups in total. The SMILES string of the molecule is Fc1ccc(NC(=S)NCCCOC2CCCCC2)cc1. The normalized spacial score (nSPS) is 15.7. The minimum Gasteiger partial charge on any atom is -0.378 e. The molecule has 1 fully saturated rings. The van der Waals surface area contributed by atoms with Crippen LogP contribution in [0.2, 0.25) is 0 Å². The van der Waals surface area contributed by atoms with Crippen molar-refractivity contribution in [3.63, 3.8) is 0 Å². The third kappa shape index (κ3) is 6.40. The van der Waals surface area contributed by atoms with Crippen LogP contribution in [0.3, 0.4) is 0 Å². The summed E-state index contributed by atoms with van der Waals surface area (Å²) in [5.41, 5.74) is 0.785. The molecule has 1 aromatic carbocycles. The van der Waals surface area contributed by atoms with Gasteiger partial charge in [-0.15, -0.1) is 0 Å². The maximum absolute atomic E-state index is 12.8. The minimum absolute atomic E-state index is 0.251. The minimum atomic E-state index is -0.251. The van der Waals surface area contributed by atoms with Crippen molar-refractivity contribution in [2.75, 3.05) is 18.5 Å². The molecule has 1 aromatic rings. The van der Waals surface area contributed by atoms with Crippen molar-refractivity contribution in [1.29, 1.82) is 0 Å². The van der Waals surface area contributed by atoms with Gasteiger partial charge < -0.3 is 15.4 Å². The number of nitrogens with one attached hydrogen (secondary N) is 2. The molecule has 21 heavy (non-hydrogen) atoms. The Balaban J connectivity index is 1.53. The van der Waals surface area contributed by atoms with E-state index < -0.39 is 0 Å². The first-order valence-electron chi connectivity index (χ1n) is 7.66. The van der Waals surface area contributed by atoms with Crippen LogP contribution in [0, 0.1) is 5.82 Å². The monoisotopic (exact) mass is 310 g/mol. The zero-order chi connectivity index (χ0) is 14.9. The van der Waals surface area contributed by atoms with E-state index in [9.17, 15) is 4.39 Å². The van der Waals surface area contributed by atoms with Crippen molar-refractivity contribution >= 4 is 23.0 Å². The number of hydrogen-bond acceptors (Lipinski definition) is 2. The van der Waals surface area contributed by atoms with Crippen molar-refractivity contribution in [2.45, 2.75) is 44.6 Å². The lowest BCUT2D eigenvalue weighted by Crippen LogP contribution is -2.30. The number of benzene rings is 1. The Hall–Kier alpha value is -1.20. The smallest absolute Gasteiger partial charge is 0.170 e. The van der Waals surface area contributed by atoms with Crippen LogP contribution in [0.1, 0.15) is 38.5 Å². The van der Waals surface area contributed by atoms with E-state index in [0.29, 0.717) is 11.2 Å². The summed E-state index contributed by atoms with van der Waals surface area (Å²) in [5, 5.41) is 6.71. The zero-order valence-electron chi connectivity index (χ0n) is 12.2. The molecule has 0 spiro atoms. The molecule has 1 aliphatic rings. The average molecular weight is 310 g/mol. The maximum Gasteiger partial charge on any atom is 0.170 e. The summed E-state index contributed by atoms with van der Waals surface area (Å²) >= 11 is 5.19. The van der Waals surface area contributed by atoms with E-state index in [-0.39, 0.29) is 5.82 Å². The van der Waals surface area contributed by atoms with Gasteiger partial charge in [-0.05, 0) is 55.7 Å². The van der Waals surface area contributed by atoms with E-state index in [1.807, 2.05) is 0 Å². The van der Waals surface area contributed by atoms with Gasteiger partial charge in [0.05, 0.1) is 6.10 Å².